The summed E-state index contributed by atoms with van der Waals surface area (Å²) in [6.45, 7) is 5.15. The average molecular weight is 241 g/mol. The van der Waals surface area contributed by atoms with Crippen LogP contribution in [0.3, 0.4) is 0 Å². The number of nitrogens with one attached hydrogen (secondary N) is 1. The van der Waals surface area contributed by atoms with Gasteiger partial charge in [0, 0.05) is 11.7 Å². The Morgan fingerprint density at radius 1 is 1.47 bits per heavy atom. The van der Waals surface area contributed by atoms with Crippen molar-refractivity contribution in [2.75, 3.05) is 6.26 Å². The van der Waals surface area contributed by atoms with Gasteiger partial charge < -0.3 is 15.2 Å². The Morgan fingerprint density at radius 2 is 1.93 bits per heavy atom. The van der Waals surface area contributed by atoms with Gasteiger partial charge in [-0.3, -0.25) is 4.79 Å². The van der Waals surface area contributed by atoms with Gasteiger partial charge >= 0.3 is 29.6 Å². The van der Waals surface area contributed by atoms with E-state index in [-0.39, 0.29) is 40.2 Å². The van der Waals surface area contributed by atoms with Crippen LogP contribution in [0.25, 0.3) is 0 Å². The predicted molar refractivity (Wildman–Crippen MR) is 54.8 cm³/mol. The molecule has 0 aliphatic heterocycles. The van der Waals surface area contributed by atoms with Gasteiger partial charge in [-0.15, -0.1) is 0 Å². The van der Waals surface area contributed by atoms with E-state index in [0.717, 1.165) is 0 Å². The molecule has 0 aliphatic carbocycles. The van der Waals surface area contributed by atoms with Crippen LogP contribution in [0.4, 0.5) is 0 Å². The monoisotopic (exact) mass is 241 g/mol. The molecule has 0 heterocycles. The van der Waals surface area contributed by atoms with Crippen LogP contribution in [0.2, 0.25) is 0 Å². The summed E-state index contributed by atoms with van der Waals surface area (Å²) in [6.07, 6.45) is 2.26. The number of hydrogen-bond donors (Lipinski definition) is 1. The van der Waals surface area contributed by atoms with E-state index in [1.165, 1.54) is 6.92 Å². The van der Waals surface area contributed by atoms with Gasteiger partial charge in [-0.2, -0.15) is 11.8 Å². The average Bonchev–Trinajstić information content (AvgIpc) is 2.02. The Balaban J connectivity index is 0. The molecule has 0 fully saturated rings. The van der Waals surface area contributed by atoms with Gasteiger partial charge in [0.2, 0.25) is 5.91 Å². The molecule has 0 aromatic rings. The number of carboxylic acid groups (broad SMARTS) is 1. The second-order valence-electron chi connectivity index (χ2n) is 3.74. The zero-order valence-corrected chi connectivity index (χ0v) is 12.7. The van der Waals surface area contributed by atoms with E-state index in [9.17, 15) is 14.7 Å². The number of hydrogen-bond acceptors (Lipinski definition) is 4. The fraction of sp³-hybridized carbons (Fsp3) is 0.778. The molecular weight excluding hydrogens is 225 g/mol. The fourth-order valence-corrected chi connectivity index (χ4v) is 1.35. The summed E-state index contributed by atoms with van der Waals surface area (Å²) in [4.78, 5) is 21.4. The third-order valence-corrected chi connectivity index (χ3v) is 3.18. The van der Waals surface area contributed by atoms with E-state index in [0.29, 0.717) is 6.42 Å². The fourth-order valence-electron chi connectivity index (χ4n) is 1.01. The predicted octanol–water partition coefficient (Wildman–Crippen LogP) is -3.22. The van der Waals surface area contributed by atoms with Crippen LogP contribution in [-0.4, -0.2) is 28.9 Å². The van der Waals surface area contributed by atoms with E-state index in [1.807, 2.05) is 20.1 Å². The molecule has 0 aromatic carbocycles. The molecule has 15 heavy (non-hydrogen) atoms. The van der Waals surface area contributed by atoms with Crippen LogP contribution in [0.15, 0.2) is 0 Å². The summed E-state index contributed by atoms with van der Waals surface area (Å²) >= 11 is 1.56. The van der Waals surface area contributed by atoms with Crippen molar-refractivity contribution in [3.8, 4) is 0 Å². The Labute approximate surface area is 117 Å². The molecule has 1 unspecified atom stereocenters. The van der Waals surface area contributed by atoms with Crippen molar-refractivity contribution in [2.24, 2.45) is 0 Å². The number of aliphatic carboxylic acids is 1. The van der Waals surface area contributed by atoms with E-state index >= 15 is 0 Å². The van der Waals surface area contributed by atoms with Gasteiger partial charge in [0.15, 0.2) is 0 Å². The molecule has 0 saturated carbocycles. The largest absolute Gasteiger partial charge is 1.00 e. The molecule has 4 nitrogen and oxygen atoms in total. The maximum absolute atomic E-state index is 10.7. The maximum Gasteiger partial charge on any atom is 1.00 e. The molecule has 1 N–H and O–H groups in total. The molecule has 0 rings (SSSR count). The quantitative estimate of drug-likeness (QED) is 0.514. The minimum Gasteiger partial charge on any atom is -0.548 e. The third-order valence-electron chi connectivity index (χ3n) is 1.91. The van der Waals surface area contributed by atoms with E-state index < -0.39 is 12.0 Å². The van der Waals surface area contributed by atoms with Crippen LogP contribution < -0.4 is 40.0 Å². The Morgan fingerprint density at radius 3 is 2.20 bits per heavy atom. The van der Waals surface area contributed by atoms with Gasteiger partial charge in [-0.1, -0.05) is 13.8 Å². The zero-order valence-electron chi connectivity index (χ0n) is 9.92. The minimum atomic E-state index is -1.23. The summed E-state index contributed by atoms with van der Waals surface area (Å²) in [5, 5.41) is 13.0. The molecule has 0 aromatic heterocycles. The van der Waals surface area contributed by atoms with Crippen LogP contribution in [-0.2, 0) is 9.59 Å². The van der Waals surface area contributed by atoms with Crippen LogP contribution >= 0.6 is 11.8 Å². The topological polar surface area (TPSA) is 69.2 Å². The van der Waals surface area contributed by atoms with Crippen molar-refractivity contribution in [3.05, 3.63) is 0 Å². The summed E-state index contributed by atoms with van der Waals surface area (Å²) in [7, 11) is 0. The SMILES string of the molecule is CSC(C)(C)CC(NC(C)=O)C(=O)[O-].[Na+]. The van der Waals surface area contributed by atoms with Crippen molar-refractivity contribution in [3.63, 3.8) is 0 Å². The molecule has 0 aliphatic rings. The Hall–Kier alpha value is 0.290. The molecular formula is C9H16NNaO3S. The van der Waals surface area contributed by atoms with Gasteiger partial charge in [0.1, 0.15) is 0 Å². The number of thioether (sulfide) groups is 1. The summed E-state index contributed by atoms with van der Waals surface area (Å²) in [5.41, 5.74) is 0. The van der Waals surface area contributed by atoms with Gasteiger partial charge in [-0.05, 0) is 12.7 Å². The number of amides is 1. The second kappa shape index (κ2) is 7.54. The maximum atomic E-state index is 10.7. The number of carbonyl (C=O) groups is 2. The summed E-state index contributed by atoms with van der Waals surface area (Å²) < 4.78 is -0.187. The first-order valence-corrected chi connectivity index (χ1v) is 5.54. The van der Waals surface area contributed by atoms with Crippen LogP contribution in [0.1, 0.15) is 27.2 Å². The Bertz CT molecular complexity index is 233. The van der Waals surface area contributed by atoms with Gasteiger partial charge in [-0.25, -0.2) is 0 Å². The number of carbonyl (C=O) groups excluding carboxylic acids is 2. The van der Waals surface area contributed by atoms with Gasteiger partial charge in [0.25, 0.3) is 0 Å². The molecule has 1 amide bonds. The van der Waals surface area contributed by atoms with E-state index in [2.05, 4.69) is 5.32 Å². The number of rotatable bonds is 5. The smallest absolute Gasteiger partial charge is 0.548 e. The second-order valence-corrected chi connectivity index (χ2v) is 5.25. The Kier molecular flexibility index (Phi) is 8.89. The summed E-state index contributed by atoms with van der Waals surface area (Å²) in [5.74, 6) is -1.58. The molecule has 6 heteroatoms. The molecule has 1 atom stereocenters. The molecule has 0 saturated heterocycles. The summed E-state index contributed by atoms with van der Waals surface area (Å²) in [6, 6.07) is -0.907. The third kappa shape index (κ3) is 8.13. The molecule has 0 bridgehead atoms. The molecule has 0 radical (unpaired) electrons. The number of carboxylic acids is 1. The van der Waals surface area contributed by atoms with Crippen molar-refractivity contribution >= 4 is 23.6 Å². The van der Waals surface area contributed by atoms with Crippen LogP contribution in [0.5, 0.6) is 0 Å². The first-order valence-electron chi connectivity index (χ1n) is 4.31. The van der Waals surface area contributed by atoms with Crippen molar-refractivity contribution in [1.82, 2.24) is 5.32 Å². The first-order chi connectivity index (χ1) is 6.28. The first kappa shape index (κ1) is 17.7. The minimum absolute atomic E-state index is 0. The van der Waals surface area contributed by atoms with Gasteiger partial charge in [0.05, 0.1) is 12.0 Å². The van der Waals surface area contributed by atoms with Crippen LogP contribution in [0, 0.1) is 0 Å². The van der Waals surface area contributed by atoms with Crippen molar-refractivity contribution < 1.29 is 44.3 Å². The van der Waals surface area contributed by atoms with Crippen molar-refractivity contribution in [2.45, 2.75) is 38.0 Å². The normalized spacial score (nSPS) is 12.5. The van der Waals surface area contributed by atoms with Crippen molar-refractivity contribution in [1.29, 1.82) is 0 Å². The standard InChI is InChI=1S/C9H17NO3S.Na/c1-6(11)10-7(8(12)13)5-9(2,3)14-4;/h7H,5H2,1-4H3,(H,10,11)(H,12,13);/q;+1/p-1. The molecule has 0 spiro atoms. The van der Waals surface area contributed by atoms with E-state index in [4.69, 9.17) is 0 Å². The van der Waals surface area contributed by atoms with E-state index in [1.54, 1.807) is 11.8 Å². The zero-order chi connectivity index (χ0) is 11.4. The molecule has 82 valence electrons.